The van der Waals surface area contributed by atoms with Crippen LogP contribution in [0.3, 0.4) is 0 Å². The van der Waals surface area contributed by atoms with E-state index in [2.05, 4.69) is 47.0 Å². The molecule has 1 N–H and O–H groups in total. The lowest BCUT2D eigenvalue weighted by atomic mass is 9.83. The normalized spacial score (nSPS) is 30.7. The minimum Gasteiger partial charge on any atom is -0.338 e. The van der Waals surface area contributed by atoms with E-state index in [0.717, 1.165) is 31.0 Å². The number of rotatable bonds is 6. The molecule has 4 heteroatoms. The zero-order valence-electron chi connectivity index (χ0n) is 13.8. The summed E-state index contributed by atoms with van der Waals surface area (Å²) in [6, 6.07) is 2.23. The molecule has 21 heavy (non-hydrogen) atoms. The van der Waals surface area contributed by atoms with Crippen LogP contribution in [0.5, 0.6) is 0 Å². The minimum absolute atomic E-state index is 0.586. The van der Waals surface area contributed by atoms with Crippen molar-refractivity contribution in [2.45, 2.75) is 63.6 Å². The van der Waals surface area contributed by atoms with Crippen LogP contribution in [-0.2, 0) is 13.5 Å². The highest BCUT2D eigenvalue weighted by molar-refractivity contribution is 5.01. The average Bonchev–Trinajstić information content (AvgIpc) is 2.94. The largest absolute Gasteiger partial charge is 0.338 e. The zero-order chi connectivity index (χ0) is 14.8. The summed E-state index contributed by atoms with van der Waals surface area (Å²) in [5.74, 6) is 2.02. The molecule has 1 aromatic rings. The molecule has 3 rings (SSSR count). The van der Waals surface area contributed by atoms with Crippen LogP contribution >= 0.6 is 0 Å². The summed E-state index contributed by atoms with van der Waals surface area (Å²) < 4.78 is 2.17. The van der Waals surface area contributed by atoms with Crippen molar-refractivity contribution >= 4 is 0 Å². The van der Waals surface area contributed by atoms with Gasteiger partial charge in [-0.1, -0.05) is 6.92 Å². The molecule has 118 valence electrons. The fraction of sp³-hybridized carbons (Fsp3) is 0.824. The van der Waals surface area contributed by atoms with Crippen LogP contribution in [0.15, 0.2) is 12.4 Å². The third-order valence-electron chi connectivity index (χ3n) is 5.68. The van der Waals surface area contributed by atoms with E-state index in [1.165, 1.54) is 37.9 Å². The van der Waals surface area contributed by atoms with E-state index in [1.54, 1.807) is 0 Å². The molecule has 0 aliphatic carbocycles. The molecular weight excluding hydrogens is 260 g/mol. The Morgan fingerprint density at radius 1 is 1.29 bits per heavy atom. The lowest BCUT2D eigenvalue weighted by Crippen LogP contribution is -2.48. The maximum absolute atomic E-state index is 4.54. The zero-order valence-corrected chi connectivity index (χ0v) is 13.8. The summed E-state index contributed by atoms with van der Waals surface area (Å²) in [6.07, 6.45) is 11.8. The number of aromatic nitrogens is 2. The quantitative estimate of drug-likeness (QED) is 0.872. The second-order valence-corrected chi connectivity index (χ2v) is 7.00. The van der Waals surface area contributed by atoms with Gasteiger partial charge in [-0.25, -0.2) is 4.98 Å². The lowest BCUT2D eigenvalue weighted by molar-refractivity contribution is 0.111. The molecule has 0 radical (unpaired) electrons. The second-order valence-electron chi connectivity index (χ2n) is 7.00. The van der Waals surface area contributed by atoms with Crippen LogP contribution < -0.4 is 5.32 Å². The summed E-state index contributed by atoms with van der Waals surface area (Å²) in [5, 5.41) is 3.82. The Morgan fingerprint density at radius 2 is 2.00 bits per heavy atom. The second kappa shape index (κ2) is 6.49. The monoisotopic (exact) mass is 290 g/mol. The van der Waals surface area contributed by atoms with E-state index in [4.69, 9.17) is 0 Å². The van der Waals surface area contributed by atoms with Crippen molar-refractivity contribution in [3.63, 3.8) is 0 Å². The van der Waals surface area contributed by atoms with Crippen LogP contribution in [0.2, 0.25) is 0 Å². The van der Waals surface area contributed by atoms with E-state index < -0.39 is 0 Å². The molecule has 2 fully saturated rings. The highest BCUT2D eigenvalue weighted by Crippen LogP contribution is 2.39. The van der Waals surface area contributed by atoms with Gasteiger partial charge in [-0.2, -0.15) is 0 Å². The molecule has 2 aliphatic rings. The van der Waals surface area contributed by atoms with Crippen molar-refractivity contribution in [3.8, 4) is 0 Å². The highest BCUT2D eigenvalue weighted by Gasteiger charge is 2.40. The van der Waals surface area contributed by atoms with Crippen LogP contribution in [0.25, 0.3) is 0 Å². The van der Waals surface area contributed by atoms with Crippen molar-refractivity contribution in [1.29, 1.82) is 0 Å². The molecule has 2 saturated heterocycles. The highest BCUT2D eigenvalue weighted by atomic mass is 15.2. The minimum atomic E-state index is 0.586. The maximum atomic E-state index is 4.54. The summed E-state index contributed by atoms with van der Waals surface area (Å²) >= 11 is 0. The number of nitrogens with zero attached hydrogens (tertiary/aromatic N) is 3. The summed E-state index contributed by atoms with van der Waals surface area (Å²) in [6.45, 7) is 3.37. The van der Waals surface area contributed by atoms with Crippen LogP contribution in [0.1, 0.15) is 44.9 Å². The Balaban J connectivity index is 1.69. The number of fused-ring (bicyclic) bond motifs is 2. The number of hydrogen-bond donors (Lipinski definition) is 1. The fourth-order valence-corrected chi connectivity index (χ4v) is 4.31. The van der Waals surface area contributed by atoms with Crippen molar-refractivity contribution < 1.29 is 0 Å². The van der Waals surface area contributed by atoms with Gasteiger partial charge in [0.05, 0.1) is 0 Å². The molecule has 4 nitrogen and oxygen atoms in total. The molecule has 2 aliphatic heterocycles. The number of piperidine rings is 1. The van der Waals surface area contributed by atoms with E-state index in [9.17, 15) is 0 Å². The van der Waals surface area contributed by atoms with Gasteiger partial charge in [-0.3, -0.25) is 0 Å². The molecule has 3 unspecified atom stereocenters. The van der Waals surface area contributed by atoms with E-state index in [1.807, 2.05) is 6.20 Å². The number of aryl methyl sites for hydroxylation is 1. The van der Waals surface area contributed by atoms with Gasteiger partial charge in [-0.05, 0) is 51.6 Å². The Bertz CT molecular complexity index is 441. The van der Waals surface area contributed by atoms with E-state index >= 15 is 0 Å². The molecule has 0 amide bonds. The molecule has 3 atom stereocenters. The third-order valence-corrected chi connectivity index (χ3v) is 5.68. The molecule has 2 bridgehead atoms. The first-order valence-corrected chi connectivity index (χ1v) is 8.60. The van der Waals surface area contributed by atoms with Gasteiger partial charge in [-0.15, -0.1) is 0 Å². The van der Waals surface area contributed by atoms with Crippen LogP contribution in [-0.4, -0.2) is 46.2 Å². The van der Waals surface area contributed by atoms with Gasteiger partial charge in [0.1, 0.15) is 5.82 Å². The first-order chi connectivity index (χ1) is 10.2. The van der Waals surface area contributed by atoms with E-state index in [0.29, 0.717) is 6.04 Å². The van der Waals surface area contributed by atoms with Gasteiger partial charge >= 0.3 is 0 Å². The van der Waals surface area contributed by atoms with E-state index in [-0.39, 0.29) is 0 Å². The topological polar surface area (TPSA) is 33.1 Å². The Kier molecular flexibility index (Phi) is 4.65. The van der Waals surface area contributed by atoms with Crippen LogP contribution in [0, 0.1) is 5.92 Å². The SMILES string of the molecule is CCCNC(Cc1nccn1C)C1CC2CCC(C1)N2C. The smallest absolute Gasteiger partial charge is 0.109 e. The molecule has 3 heterocycles. The predicted octanol–water partition coefficient (Wildman–Crippen LogP) is 2.20. The number of nitrogens with one attached hydrogen (secondary N) is 1. The van der Waals surface area contributed by atoms with Gasteiger partial charge in [0.15, 0.2) is 0 Å². The first-order valence-electron chi connectivity index (χ1n) is 8.60. The van der Waals surface area contributed by atoms with Crippen molar-refractivity contribution in [2.24, 2.45) is 13.0 Å². The first kappa shape index (κ1) is 15.0. The number of hydrogen-bond acceptors (Lipinski definition) is 3. The summed E-state index contributed by atoms with van der Waals surface area (Å²) in [4.78, 5) is 7.17. The molecule has 1 aromatic heterocycles. The Labute approximate surface area is 128 Å². The van der Waals surface area contributed by atoms with Gasteiger partial charge < -0.3 is 14.8 Å². The van der Waals surface area contributed by atoms with Crippen LogP contribution in [0.4, 0.5) is 0 Å². The Morgan fingerprint density at radius 3 is 2.57 bits per heavy atom. The number of imidazole rings is 1. The standard InChI is InChI=1S/C17H30N4/c1-4-7-18-16(12-17-19-8-9-20(17)2)13-10-14-5-6-15(11-13)21(14)3/h8-9,13-16,18H,4-7,10-12H2,1-3H3. The van der Waals surface area contributed by atoms with Crippen molar-refractivity contribution in [2.75, 3.05) is 13.6 Å². The van der Waals surface area contributed by atoms with Crippen molar-refractivity contribution in [1.82, 2.24) is 19.8 Å². The molecule has 0 saturated carbocycles. The third kappa shape index (κ3) is 3.16. The average molecular weight is 290 g/mol. The van der Waals surface area contributed by atoms with Gasteiger partial charge in [0.2, 0.25) is 0 Å². The Hall–Kier alpha value is -0.870. The summed E-state index contributed by atoms with van der Waals surface area (Å²) in [7, 11) is 4.43. The molecule has 0 aromatic carbocycles. The molecule has 0 spiro atoms. The lowest BCUT2D eigenvalue weighted by Gasteiger charge is -2.40. The van der Waals surface area contributed by atoms with Gasteiger partial charge in [0.25, 0.3) is 0 Å². The predicted molar refractivity (Wildman–Crippen MR) is 86.3 cm³/mol. The fourth-order valence-electron chi connectivity index (χ4n) is 4.31. The molecular formula is C17H30N4. The summed E-state index contributed by atoms with van der Waals surface area (Å²) in [5.41, 5.74) is 0. The van der Waals surface area contributed by atoms with Crippen molar-refractivity contribution in [3.05, 3.63) is 18.2 Å². The maximum Gasteiger partial charge on any atom is 0.109 e. The van der Waals surface area contributed by atoms with Gasteiger partial charge in [0, 0.05) is 44.0 Å².